The van der Waals surface area contributed by atoms with Gasteiger partial charge in [-0.3, -0.25) is 4.99 Å². The summed E-state index contributed by atoms with van der Waals surface area (Å²) in [6, 6.07) is 0. The average Bonchev–Trinajstić information content (AvgIpc) is 2.94. The molecule has 2 aliphatic heterocycles. The summed E-state index contributed by atoms with van der Waals surface area (Å²) in [6.07, 6.45) is 16.4. The van der Waals surface area contributed by atoms with Crippen LogP contribution < -0.4 is 0 Å². The number of nitrogens with zero attached hydrogens (tertiary/aromatic N) is 2. The second kappa shape index (κ2) is 9.47. The molecule has 0 unspecified atom stereocenters. The van der Waals surface area contributed by atoms with Gasteiger partial charge in [-0.2, -0.15) is 0 Å². The van der Waals surface area contributed by atoms with E-state index in [0.717, 1.165) is 51.0 Å². The number of aliphatic carboxylic acids is 1. The van der Waals surface area contributed by atoms with E-state index in [4.69, 9.17) is 4.74 Å². The summed E-state index contributed by atoms with van der Waals surface area (Å²) in [5.41, 5.74) is 0.952. The van der Waals surface area contributed by atoms with E-state index in [0.29, 0.717) is 6.42 Å². The number of carboxylic acids is 1. The molecule has 1 saturated carbocycles. The van der Waals surface area contributed by atoms with Gasteiger partial charge in [-0.25, -0.2) is 4.79 Å². The van der Waals surface area contributed by atoms with Crippen molar-refractivity contribution in [2.75, 3.05) is 26.2 Å². The number of carbonyl (C=O) groups is 1. The van der Waals surface area contributed by atoms with Gasteiger partial charge in [0.25, 0.3) is 0 Å². The van der Waals surface area contributed by atoms with Crippen molar-refractivity contribution in [2.45, 2.75) is 69.8 Å². The highest BCUT2D eigenvalue weighted by Crippen LogP contribution is 2.35. The fourth-order valence-electron chi connectivity index (χ4n) is 4.35. The summed E-state index contributed by atoms with van der Waals surface area (Å²) < 4.78 is 6.48. The zero-order valence-corrected chi connectivity index (χ0v) is 15.8. The van der Waals surface area contributed by atoms with Crippen LogP contribution in [-0.4, -0.2) is 53.5 Å². The first-order chi connectivity index (χ1) is 12.7. The number of piperidine rings is 1. The molecule has 0 radical (unpaired) electrons. The van der Waals surface area contributed by atoms with Crippen LogP contribution in [0.15, 0.2) is 28.9 Å². The largest absolute Gasteiger partial charge is 0.478 e. The maximum atomic E-state index is 11.2. The Morgan fingerprint density at radius 1 is 1.15 bits per heavy atom. The van der Waals surface area contributed by atoms with Crippen LogP contribution >= 0.6 is 0 Å². The molecular weight excluding hydrogens is 328 g/mol. The topological polar surface area (TPSA) is 62.1 Å². The molecule has 3 aliphatic rings. The Labute approximate surface area is 156 Å². The molecule has 3 rings (SSSR count). The summed E-state index contributed by atoms with van der Waals surface area (Å²) in [5.74, 6) is -0.925. The lowest BCUT2D eigenvalue weighted by molar-refractivity contribution is -0.132. The molecule has 0 aromatic heterocycles. The van der Waals surface area contributed by atoms with Crippen LogP contribution in [0.25, 0.3) is 0 Å². The van der Waals surface area contributed by atoms with Gasteiger partial charge in [0.15, 0.2) is 0 Å². The molecular formula is C21H32N2O3. The second-order valence-corrected chi connectivity index (χ2v) is 7.73. The first kappa shape index (κ1) is 19.3. The van der Waals surface area contributed by atoms with E-state index in [-0.39, 0.29) is 11.2 Å². The smallest absolute Gasteiger partial charge is 0.337 e. The number of rotatable bonds is 7. The molecule has 5 heteroatoms. The molecule has 0 atom stereocenters. The fraction of sp³-hybridized carbons (Fsp3) is 0.714. The van der Waals surface area contributed by atoms with Crippen LogP contribution in [0.3, 0.4) is 0 Å². The van der Waals surface area contributed by atoms with Crippen LogP contribution in [-0.2, 0) is 9.53 Å². The standard InChI is InChI=1S/C21H32N2O3/c24-20(25)18-9-7-10-19(22-17-18)21(11-3-1-4-12-21)26-16-8-15-23-13-5-2-6-14-23/h7,9,17H,1-6,8,10-16H2,(H,24,25). The lowest BCUT2D eigenvalue weighted by Crippen LogP contribution is -2.44. The van der Waals surface area contributed by atoms with Crippen LogP contribution in [0.5, 0.6) is 0 Å². The van der Waals surface area contributed by atoms with Gasteiger partial charge in [-0.1, -0.05) is 31.8 Å². The minimum Gasteiger partial charge on any atom is -0.478 e. The van der Waals surface area contributed by atoms with Gasteiger partial charge in [0.05, 0.1) is 11.3 Å². The van der Waals surface area contributed by atoms with Crippen LogP contribution in [0.1, 0.15) is 64.2 Å². The van der Waals surface area contributed by atoms with E-state index < -0.39 is 5.97 Å². The van der Waals surface area contributed by atoms with Gasteiger partial charge in [-0.05, 0) is 51.3 Å². The van der Waals surface area contributed by atoms with E-state index in [1.165, 1.54) is 45.0 Å². The SMILES string of the molecule is O=C(O)C1=CN=C(C2(OCCCN3CCCCC3)CCCCC2)CC=C1. The Morgan fingerprint density at radius 3 is 2.62 bits per heavy atom. The van der Waals surface area contributed by atoms with Crippen molar-refractivity contribution in [2.24, 2.45) is 4.99 Å². The second-order valence-electron chi connectivity index (χ2n) is 7.73. The van der Waals surface area contributed by atoms with Gasteiger partial charge in [0, 0.05) is 25.8 Å². The Morgan fingerprint density at radius 2 is 1.88 bits per heavy atom. The van der Waals surface area contributed by atoms with Crippen molar-refractivity contribution in [1.82, 2.24) is 4.90 Å². The highest BCUT2D eigenvalue weighted by Gasteiger charge is 2.37. The van der Waals surface area contributed by atoms with E-state index in [1.807, 2.05) is 6.08 Å². The number of hydrogen-bond donors (Lipinski definition) is 1. The molecule has 1 saturated heterocycles. The number of allylic oxidation sites excluding steroid dienone is 1. The third kappa shape index (κ3) is 5.04. The molecule has 0 spiro atoms. The van der Waals surface area contributed by atoms with E-state index >= 15 is 0 Å². The van der Waals surface area contributed by atoms with Gasteiger partial charge < -0.3 is 14.7 Å². The number of carboxylic acid groups (broad SMARTS) is 1. The summed E-state index contributed by atoms with van der Waals surface area (Å²) in [4.78, 5) is 18.3. The molecule has 0 bridgehead atoms. The Bertz CT molecular complexity index is 568. The third-order valence-corrected chi connectivity index (χ3v) is 5.85. The summed E-state index contributed by atoms with van der Waals surface area (Å²) in [5, 5.41) is 9.20. The normalized spacial score (nSPS) is 23.8. The van der Waals surface area contributed by atoms with E-state index in [2.05, 4.69) is 9.89 Å². The van der Waals surface area contributed by atoms with Crippen LogP contribution in [0.2, 0.25) is 0 Å². The number of aliphatic imine (C=N–C) groups is 1. The fourth-order valence-corrected chi connectivity index (χ4v) is 4.35. The van der Waals surface area contributed by atoms with Gasteiger partial charge >= 0.3 is 5.97 Å². The monoisotopic (exact) mass is 360 g/mol. The molecule has 0 amide bonds. The van der Waals surface area contributed by atoms with Gasteiger partial charge in [0.2, 0.25) is 0 Å². The zero-order valence-electron chi connectivity index (χ0n) is 15.8. The highest BCUT2D eigenvalue weighted by atomic mass is 16.5. The van der Waals surface area contributed by atoms with Gasteiger partial charge in [-0.15, -0.1) is 0 Å². The van der Waals surface area contributed by atoms with Crippen molar-refractivity contribution in [3.8, 4) is 0 Å². The van der Waals surface area contributed by atoms with Gasteiger partial charge in [0.1, 0.15) is 5.60 Å². The number of hydrogen-bond acceptors (Lipinski definition) is 4. The van der Waals surface area contributed by atoms with Crippen molar-refractivity contribution in [3.05, 3.63) is 23.9 Å². The van der Waals surface area contributed by atoms with E-state index in [9.17, 15) is 9.90 Å². The Hall–Kier alpha value is -1.46. The Kier molecular flexibility index (Phi) is 7.03. The maximum Gasteiger partial charge on any atom is 0.337 e. The molecule has 1 N–H and O–H groups in total. The third-order valence-electron chi connectivity index (χ3n) is 5.85. The quantitative estimate of drug-likeness (QED) is 0.698. The predicted molar refractivity (Wildman–Crippen MR) is 104 cm³/mol. The lowest BCUT2D eigenvalue weighted by Gasteiger charge is -2.38. The minimum atomic E-state index is -0.925. The first-order valence-electron chi connectivity index (χ1n) is 10.2. The summed E-state index contributed by atoms with van der Waals surface area (Å²) in [6.45, 7) is 4.33. The minimum absolute atomic E-state index is 0.246. The maximum absolute atomic E-state index is 11.2. The molecule has 2 fully saturated rings. The molecule has 5 nitrogen and oxygen atoms in total. The first-order valence-corrected chi connectivity index (χ1v) is 10.2. The molecule has 0 aromatic carbocycles. The van der Waals surface area contributed by atoms with Crippen LogP contribution in [0.4, 0.5) is 0 Å². The molecule has 1 aliphatic carbocycles. The number of ether oxygens (including phenoxy) is 1. The summed E-state index contributed by atoms with van der Waals surface area (Å²) >= 11 is 0. The average molecular weight is 360 g/mol. The lowest BCUT2D eigenvalue weighted by atomic mass is 9.79. The van der Waals surface area contributed by atoms with Crippen molar-refractivity contribution < 1.29 is 14.6 Å². The molecule has 26 heavy (non-hydrogen) atoms. The number of likely N-dealkylation sites (tertiary alicyclic amines) is 1. The predicted octanol–water partition coefficient (Wildman–Crippen LogP) is 3.95. The van der Waals surface area contributed by atoms with Crippen molar-refractivity contribution in [3.63, 3.8) is 0 Å². The van der Waals surface area contributed by atoms with Crippen LogP contribution in [0, 0.1) is 0 Å². The van der Waals surface area contributed by atoms with Crippen molar-refractivity contribution >= 4 is 11.7 Å². The molecule has 0 aromatic rings. The zero-order chi connectivity index (χ0) is 18.2. The Balaban J connectivity index is 1.61. The summed E-state index contributed by atoms with van der Waals surface area (Å²) in [7, 11) is 0. The highest BCUT2D eigenvalue weighted by molar-refractivity contribution is 5.97. The molecule has 2 heterocycles. The molecule has 144 valence electrons. The van der Waals surface area contributed by atoms with E-state index in [1.54, 1.807) is 6.08 Å². The van der Waals surface area contributed by atoms with Crippen molar-refractivity contribution in [1.29, 1.82) is 0 Å².